The van der Waals surface area contributed by atoms with E-state index in [9.17, 15) is 15.3 Å². The van der Waals surface area contributed by atoms with Gasteiger partial charge in [-0.3, -0.25) is 4.90 Å². The molecular weight excluding hydrogens is 326 g/mol. The molecule has 0 spiro atoms. The van der Waals surface area contributed by atoms with Crippen molar-refractivity contribution >= 4 is 0 Å². The Bertz CT molecular complexity index is 582. The molecule has 1 aromatic carbocycles. The summed E-state index contributed by atoms with van der Waals surface area (Å²) in [5, 5.41) is 31.0. The van der Waals surface area contributed by atoms with Gasteiger partial charge >= 0.3 is 0 Å². The second-order valence-electron chi connectivity index (χ2n) is 9.19. The van der Waals surface area contributed by atoms with E-state index in [0.717, 1.165) is 43.8 Å². The molecule has 4 heteroatoms. The first-order valence-electron chi connectivity index (χ1n) is 10.4. The van der Waals surface area contributed by atoms with Crippen LogP contribution in [0, 0.1) is 17.8 Å². The normalized spacial score (nSPS) is 34.1. The molecule has 3 fully saturated rings. The molecule has 0 amide bonds. The van der Waals surface area contributed by atoms with E-state index in [0.29, 0.717) is 18.4 Å². The number of phenolic OH excluding ortho intramolecular Hbond substituents is 1. The molecule has 1 aliphatic heterocycles. The monoisotopic (exact) mass is 359 g/mol. The van der Waals surface area contributed by atoms with Gasteiger partial charge in [-0.1, -0.05) is 44.2 Å². The van der Waals surface area contributed by atoms with Gasteiger partial charge in [-0.15, -0.1) is 0 Å². The fourth-order valence-electron chi connectivity index (χ4n) is 5.85. The maximum atomic E-state index is 11.1. The summed E-state index contributed by atoms with van der Waals surface area (Å²) in [6, 6.07) is 6.84. The van der Waals surface area contributed by atoms with Crippen LogP contribution in [0.1, 0.15) is 63.0 Å². The SMILES string of the molecule is Oc1ccc(C(O)CN2C[C@@H]3C[C@@](O)(CC4CCCCC4)C[C@@H]3C2)cc1. The van der Waals surface area contributed by atoms with Gasteiger partial charge in [0.25, 0.3) is 0 Å². The molecule has 0 bridgehead atoms. The Morgan fingerprint density at radius 3 is 2.23 bits per heavy atom. The molecule has 1 saturated heterocycles. The molecule has 1 unspecified atom stereocenters. The maximum Gasteiger partial charge on any atom is 0.115 e. The minimum absolute atomic E-state index is 0.230. The summed E-state index contributed by atoms with van der Waals surface area (Å²) in [6.07, 6.45) is 9.06. The number of aromatic hydroxyl groups is 1. The third-order valence-corrected chi connectivity index (χ3v) is 7.04. The molecular formula is C22H33NO3. The number of rotatable bonds is 5. The van der Waals surface area contributed by atoms with Crippen LogP contribution in [0.3, 0.4) is 0 Å². The smallest absolute Gasteiger partial charge is 0.115 e. The molecule has 26 heavy (non-hydrogen) atoms. The highest BCUT2D eigenvalue weighted by Gasteiger charge is 2.48. The van der Waals surface area contributed by atoms with Gasteiger partial charge in [0.15, 0.2) is 0 Å². The summed E-state index contributed by atoms with van der Waals surface area (Å²) < 4.78 is 0. The lowest BCUT2D eigenvalue weighted by molar-refractivity contribution is 0.00460. The zero-order valence-electron chi connectivity index (χ0n) is 15.7. The number of fused-ring (bicyclic) bond motifs is 1. The van der Waals surface area contributed by atoms with Crippen LogP contribution >= 0.6 is 0 Å². The Balaban J connectivity index is 1.28. The van der Waals surface area contributed by atoms with Crippen molar-refractivity contribution in [3.63, 3.8) is 0 Å². The Morgan fingerprint density at radius 1 is 1.00 bits per heavy atom. The van der Waals surface area contributed by atoms with E-state index >= 15 is 0 Å². The fraction of sp³-hybridized carbons (Fsp3) is 0.727. The summed E-state index contributed by atoms with van der Waals surface area (Å²) in [5.74, 6) is 2.13. The van der Waals surface area contributed by atoms with Gasteiger partial charge < -0.3 is 15.3 Å². The third kappa shape index (κ3) is 4.08. The summed E-state index contributed by atoms with van der Waals surface area (Å²) in [4.78, 5) is 2.35. The van der Waals surface area contributed by atoms with Crippen molar-refractivity contribution in [1.29, 1.82) is 0 Å². The number of nitrogens with zero attached hydrogens (tertiary/aromatic N) is 1. The van der Waals surface area contributed by atoms with E-state index in [1.54, 1.807) is 24.3 Å². The van der Waals surface area contributed by atoms with E-state index < -0.39 is 11.7 Å². The molecule has 144 valence electrons. The second-order valence-corrected chi connectivity index (χ2v) is 9.19. The van der Waals surface area contributed by atoms with Crippen molar-refractivity contribution in [2.45, 2.75) is 63.1 Å². The van der Waals surface area contributed by atoms with Gasteiger partial charge in [-0.05, 0) is 54.7 Å². The lowest BCUT2D eigenvalue weighted by Gasteiger charge is -2.32. The average Bonchev–Trinajstić information content (AvgIpc) is 3.10. The van der Waals surface area contributed by atoms with Gasteiger partial charge in [-0.25, -0.2) is 0 Å². The molecule has 0 radical (unpaired) electrons. The number of likely N-dealkylation sites (tertiary alicyclic amines) is 1. The minimum atomic E-state index is -0.518. The van der Waals surface area contributed by atoms with Crippen molar-refractivity contribution in [3.8, 4) is 5.75 Å². The zero-order valence-corrected chi connectivity index (χ0v) is 15.7. The van der Waals surface area contributed by atoms with Crippen molar-refractivity contribution in [1.82, 2.24) is 4.90 Å². The fourth-order valence-corrected chi connectivity index (χ4v) is 5.85. The Hall–Kier alpha value is -1.10. The molecule has 3 aliphatic rings. The molecule has 2 aliphatic carbocycles. The Labute approximate surface area is 156 Å². The largest absolute Gasteiger partial charge is 0.508 e. The number of hydrogen-bond acceptors (Lipinski definition) is 4. The molecule has 4 rings (SSSR count). The number of benzene rings is 1. The molecule has 2 saturated carbocycles. The van der Waals surface area contributed by atoms with E-state index in [1.807, 2.05) is 0 Å². The number of β-amino-alcohol motifs (C(OH)–C–C–N with tert-alkyl or cyclic N) is 1. The summed E-state index contributed by atoms with van der Waals surface area (Å²) in [7, 11) is 0. The van der Waals surface area contributed by atoms with Crippen LogP contribution in [0.2, 0.25) is 0 Å². The maximum absolute atomic E-state index is 11.1. The number of aliphatic hydroxyl groups is 2. The molecule has 4 nitrogen and oxygen atoms in total. The summed E-state index contributed by atoms with van der Waals surface area (Å²) >= 11 is 0. The second kappa shape index (κ2) is 7.49. The van der Waals surface area contributed by atoms with E-state index in [4.69, 9.17) is 0 Å². The highest BCUT2D eigenvalue weighted by molar-refractivity contribution is 5.27. The predicted molar refractivity (Wildman–Crippen MR) is 102 cm³/mol. The first kappa shape index (κ1) is 18.3. The van der Waals surface area contributed by atoms with Gasteiger partial charge in [0.1, 0.15) is 5.75 Å². The van der Waals surface area contributed by atoms with Crippen LogP contribution in [-0.4, -0.2) is 45.5 Å². The number of hydrogen-bond donors (Lipinski definition) is 3. The van der Waals surface area contributed by atoms with Crippen molar-refractivity contribution in [2.24, 2.45) is 17.8 Å². The van der Waals surface area contributed by atoms with E-state index in [2.05, 4.69) is 4.90 Å². The van der Waals surface area contributed by atoms with Crippen LogP contribution in [0.25, 0.3) is 0 Å². The quantitative estimate of drug-likeness (QED) is 0.753. The first-order valence-corrected chi connectivity index (χ1v) is 10.4. The average molecular weight is 360 g/mol. The van der Waals surface area contributed by atoms with Gasteiger partial charge in [-0.2, -0.15) is 0 Å². The highest BCUT2D eigenvalue weighted by atomic mass is 16.3. The van der Waals surface area contributed by atoms with Crippen molar-refractivity contribution < 1.29 is 15.3 Å². The first-order chi connectivity index (χ1) is 12.5. The molecule has 4 atom stereocenters. The molecule has 1 heterocycles. The van der Waals surface area contributed by atoms with Crippen LogP contribution in [-0.2, 0) is 0 Å². The van der Waals surface area contributed by atoms with E-state index in [-0.39, 0.29) is 5.75 Å². The predicted octanol–water partition coefficient (Wildman–Crippen LogP) is 3.47. The van der Waals surface area contributed by atoms with Crippen molar-refractivity contribution in [3.05, 3.63) is 29.8 Å². The van der Waals surface area contributed by atoms with E-state index in [1.165, 1.54) is 32.1 Å². The minimum Gasteiger partial charge on any atom is -0.508 e. The standard InChI is InChI=1S/C22H33NO3/c24-20-8-6-17(7-9-20)21(25)15-23-13-18-11-22(26,12-19(18)14-23)10-16-4-2-1-3-5-16/h6-9,16,18-19,21,24-26H,1-5,10-15H2/t18-,19+,21?,22-. The molecule has 3 N–H and O–H groups in total. The van der Waals surface area contributed by atoms with Crippen LogP contribution < -0.4 is 0 Å². The number of aliphatic hydroxyl groups excluding tert-OH is 1. The van der Waals surface area contributed by atoms with Crippen LogP contribution in [0.15, 0.2) is 24.3 Å². The highest BCUT2D eigenvalue weighted by Crippen LogP contribution is 2.48. The Kier molecular flexibility index (Phi) is 5.27. The van der Waals surface area contributed by atoms with Gasteiger partial charge in [0, 0.05) is 19.6 Å². The summed E-state index contributed by atoms with van der Waals surface area (Å²) in [5.41, 5.74) is 0.424. The summed E-state index contributed by atoms with van der Waals surface area (Å²) in [6.45, 7) is 2.62. The zero-order chi connectivity index (χ0) is 18.1. The molecule has 0 aromatic heterocycles. The third-order valence-electron chi connectivity index (χ3n) is 7.04. The van der Waals surface area contributed by atoms with Crippen LogP contribution in [0.5, 0.6) is 5.75 Å². The Morgan fingerprint density at radius 2 is 1.62 bits per heavy atom. The van der Waals surface area contributed by atoms with Gasteiger partial charge in [0.05, 0.1) is 11.7 Å². The van der Waals surface area contributed by atoms with Crippen molar-refractivity contribution in [2.75, 3.05) is 19.6 Å². The lowest BCUT2D eigenvalue weighted by Crippen LogP contribution is -2.34. The van der Waals surface area contributed by atoms with Gasteiger partial charge in [0.2, 0.25) is 0 Å². The lowest BCUT2D eigenvalue weighted by atomic mass is 9.79. The van der Waals surface area contributed by atoms with Crippen LogP contribution in [0.4, 0.5) is 0 Å². The molecule has 1 aromatic rings. The number of phenols is 1. The topological polar surface area (TPSA) is 63.9 Å².